The normalized spacial score (nSPS) is 10.2. The number of hydrogen-bond donors (Lipinski definition) is 1. The fourth-order valence-electron chi connectivity index (χ4n) is 1.83. The number of methoxy groups -OCH3 is 1. The van der Waals surface area contributed by atoms with Gasteiger partial charge in [0.2, 0.25) is 0 Å². The summed E-state index contributed by atoms with van der Waals surface area (Å²) in [5, 5.41) is 0. The Kier molecular flexibility index (Phi) is 5.90. The molecule has 0 aromatic heterocycles. The van der Waals surface area contributed by atoms with Crippen molar-refractivity contribution >= 4 is 15.9 Å². The zero-order valence-electron chi connectivity index (χ0n) is 11.8. The molecule has 0 saturated heterocycles. The third-order valence-electron chi connectivity index (χ3n) is 2.91. The van der Waals surface area contributed by atoms with E-state index in [-0.39, 0.29) is 0 Å². The zero-order valence-corrected chi connectivity index (χ0v) is 13.4. The van der Waals surface area contributed by atoms with Crippen LogP contribution in [0.5, 0.6) is 17.2 Å². The molecule has 0 aliphatic carbocycles. The molecule has 112 valence electrons. The highest BCUT2D eigenvalue weighted by Gasteiger charge is 2.03. The maximum Gasteiger partial charge on any atom is 0.124 e. The van der Waals surface area contributed by atoms with Gasteiger partial charge in [-0.25, -0.2) is 0 Å². The predicted molar refractivity (Wildman–Crippen MR) is 86.0 cm³/mol. The van der Waals surface area contributed by atoms with Gasteiger partial charge in [-0.2, -0.15) is 0 Å². The van der Waals surface area contributed by atoms with Crippen LogP contribution < -0.4 is 19.9 Å². The van der Waals surface area contributed by atoms with Crippen LogP contribution in [0.3, 0.4) is 0 Å². The van der Waals surface area contributed by atoms with Crippen LogP contribution in [0, 0.1) is 0 Å². The Hall–Kier alpha value is -1.72. The van der Waals surface area contributed by atoms with Crippen molar-refractivity contribution in [3.8, 4) is 17.2 Å². The second kappa shape index (κ2) is 7.90. The molecule has 0 aliphatic heterocycles. The van der Waals surface area contributed by atoms with Gasteiger partial charge < -0.3 is 19.9 Å². The molecule has 0 saturated carbocycles. The largest absolute Gasteiger partial charge is 0.497 e. The first kappa shape index (κ1) is 15.7. The Morgan fingerprint density at radius 3 is 2.29 bits per heavy atom. The van der Waals surface area contributed by atoms with Gasteiger partial charge in [0.15, 0.2) is 0 Å². The maximum absolute atomic E-state index is 5.70. The molecule has 0 aliphatic rings. The quantitative estimate of drug-likeness (QED) is 0.777. The molecule has 2 rings (SSSR count). The van der Waals surface area contributed by atoms with Crippen molar-refractivity contribution in [2.75, 3.05) is 20.3 Å². The van der Waals surface area contributed by atoms with Gasteiger partial charge in [-0.1, -0.05) is 15.9 Å². The minimum Gasteiger partial charge on any atom is -0.497 e. The molecule has 21 heavy (non-hydrogen) atoms. The lowest BCUT2D eigenvalue weighted by molar-refractivity contribution is 0.216. The van der Waals surface area contributed by atoms with Gasteiger partial charge in [0.05, 0.1) is 7.11 Å². The smallest absolute Gasteiger partial charge is 0.124 e. The summed E-state index contributed by atoms with van der Waals surface area (Å²) in [7, 11) is 1.64. The average Bonchev–Trinajstić information content (AvgIpc) is 2.53. The molecular weight excluding hydrogens is 334 g/mol. The number of ether oxygens (including phenoxy) is 3. The molecule has 2 aromatic carbocycles. The Labute approximate surface area is 132 Å². The first-order chi connectivity index (χ1) is 10.2. The van der Waals surface area contributed by atoms with Crippen LogP contribution in [-0.2, 0) is 6.54 Å². The Balaban J connectivity index is 1.81. The van der Waals surface area contributed by atoms with Crippen LogP contribution in [0.2, 0.25) is 0 Å². The summed E-state index contributed by atoms with van der Waals surface area (Å²) >= 11 is 3.42. The molecule has 2 aromatic rings. The van der Waals surface area contributed by atoms with Crippen molar-refractivity contribution < 1.29 is 14.2 Å². The number of rotatable bonds is 7. The van der Waals surface area contributed by atoms with Crippen molar-refractivity contribution in [3.63, 3.8) is 0 Å². The standard InChI is InChI=1S/C16H18BrNO3/c1-19-14-3-5-15(6-4-14)20-8-9-21-16-7-2-13(17)10-12(16)11-18/h2-7,10H,8-9,11,18H2,1H3. The van der Waals surface area contributed by atoms with Crippen LogP contribution in [0.1, 0.15) is 5.56 Å². The van der Waals surface area contributed by atoms with E-state index in [0.717, 1.165) is 27.3 Å². The molecule has 5 heteroatoms. The minimum absolute atomic E-state index is 0.439. The molecule has 0 amide bonds. The van der Waals surface area contributed by atoms with Crippen LogP contribution in [-0.4, -0.2) is 20.3 Å². The Morgan fingerprint density at radius 2 is 1.62 bits per heavy atom. The van der Waals surface area contributed by atoms with Gasteiger partial charge in [0, 0.05) is 16.6 Å². The fraction of sp³-hybridized carbons (Fsp3) is 0.250. The Bertz CT molecular complexity index is 572. The summed E-state index contributed by atoms with van der Waals surface area (Å²) in [5.74, 6) is 2.38. The van der Waals surface area contributed by atoms with E-state index in [0.29, 0.717) is 19.8 Å². The topological polar surface area (TPSA) is 53.7 Å². The molecular formula is C16H18BrNO3. The summed E-state index contributed by atoms with van der Waals surface area (Å²) in [6, 6.07) is 13.2. The van der Waals surface area contributed by atoms with Crippen molar-refractivity contribution in [2.24, 2.45) is 5.73 Å². The lowest BCUT2D eigenvalue weighted by Crippen LogP contribution is -2.11. The molecule has 0 unspecified atom stereocenters. The van der Waals surface area contributed by atoms with E-state index in [1.807, 2.05) is 42.5 Å². The second-order valence-corrected chi connectivity index (χ2v) is 5.24. The molecule has 0 bridgehead atoms. The highest BCUT2D eigenvalue weighted by atomic mass is 79.9. The highest BCUT2D eigenvalue weighted by molar-refractivity contribution is 9.10. The first-order valence-corrected chi connectivity index (χ1v) is 7.40. The van der Waals surface area contributed by atoms with E-state index >= 15 is 0 Å². The van der Waals surface area contributed by atoms with Crippen LogP contribution in [0.4, 0.5) is 0 Å². The lowest BCUT2D eigenvalue weighted by atomic mass is 10.2. The van der Waals surface area contributed by atoms with Gasteiger partial charge in [0.1, 0.15) is 30.5 Å². The minimum atomic E-state index is 0.439. The zero-order chi connectivity index (χ0) is 15.1. The van der Waals surface area contributed by atoms with E-state index in [2.05, 4.69) is 15.9 Å². The number of benzene rings is 2. The van der Waals surface area contributed by atoms with Gasteiger partial charge >= 0.3 is 0 Å². The molecule has 0 spiro atoms. The maximum atomic E-state index is 5.70. The van der Waals surface area contributed by atoms with E-state index in [9.17, 15) is 0 Å². The average molecular weight is 352 g/mol. The first-order valence-electron chi connectivity index (χ1n) is 6.61. The van der Waals surface area contributed by atoms with E-state index in [1.54, 1.807) is 7.11 Å². The molecule has 4 nitrogen and oxygen atoms in total. The van der Waals surface area contributed by atoms with Crippen LogP contribution >= 0.6 is 15.9 Å². The number of hydrogen-bond acceptors (Lipinski definition) is 4. The summed E-state index contributed by atoms with van der Waals surface area (Å²) < 4.78 is 17.4. The van der Waals surface area contributed by atoms with Crippen molar-refractivity contribution in [2.45, 2.75) is 6.54 Å². The predicted octanol–water partition coefficient (Wildman–Crippen LogP) is 3.37. The van der Waals surface area contributed by atoms with E-state index in [4.69, 9.17) is 19.9 Å². The summed E-state index contributed by atoms with van der Waals surface area (Å²) in [6.45, 7) is 1.36. The van der Waals surface area contributed by atoms with E-state index in [1.165, 1.54) is 0 Å². The third-order valence-corrected chi connectivity index (χ3v) is 3.40. The molecule has 0 radical (unpaired) electrons. The van der Waals surface area contributed by atoms with Gasteiger partial charge in [0.25, 0.3) is 0 Å². The van der Waals surface area contributed by atoms with Crippen molar-refractivity contribution in [1.29, 1.82) is 0 Å². The van der Waals surface area contributed by atoms with Crippen molar-refractivity contribution in [3.05, 3.63) is 52.5 Å². The molecule has 2 N–H and O–H groups in total. The molecule has 0 fully saturated rings. The number of nitrogens with two attached hydrogens (primary N) is 1. The summed E-state index contributed by atoms with van der Waals surface area (Å²) in [5.41, 5.74) is 6.66. The fourth-order valence-corrected chi connectivity index (χ4v) is 2.24. The molecule has 0 heterocycles. The van der Waals surface area contributed by atoms with Crippen LogP contribution in [0.25, 0.3) is 0 Å². The lowest BCUT2D eigenvalue weighted by Gasteiger charge is -2.12. The monoisotopic (exact) mass is 351 g/mol. The highest BCUT2D eigenvalue weighted by Crippen LogP contribution is 2.23. The van der Waals surface area contributed by atoms with Gasteiger partial charge in [-0.15, -0.1) is 0 Å². The van der Waals surface area contributed by atoms with Gasteiger partial charge in [-0.05, 0) is 42.5 Å². The third kappa shape index (κ3) is 4.65. The van der Waals surface area contributed by atoms with Crippen molar-refractivity contribution in [1.82, 2.24) is 0 Å². The second-order valence-electron chi connectivity index (χ2n) is 4.33. The van der Waals surface area contributed by atoms with E-state index < -0.39 is 0 Å². The molecule has 0 atom stereocenters. The summed E-state index contributed by atoms with van der Waals surface area (Å²) in [4.78, 5) is 0. The SMILES string of the molecule is COc1ccc(OCCOc2ccc(Br)cc2CN)cc1. The number of halogens is 1. The Morgan fingerprint density at radius 1 is 0.952 bits per heavy atom. The van der Waals surface area contributed by atoms with Crippen LogP contribution in [0.15, 0.2) is 46.9 Å². The van der Waals surface area contributed by atoms with Gasteiger partial charge in [-0.3, -0.25) is 0 Å². The summed E-state index contributed by atoms with van der Waals surface area (Å²) in [6.07, 6.45) is 0.